The molecule has 1 aromatic rings. The summed E-state index contributed by atoms with van der Waals surface area (Å²) in [6, 6.07) is 13.0. The van der Waals surface area contributed by atoms with Crippen molar-refractivity contribution in [3.63, 3.8) is 0 Å². The Bertz CT molecular complexity index is 565. The van der Waals surface area contributed by atoms with E-state index in [1.807, 2.05) is 0 Å². The van der Waals surface area contributed by atoms with Crippen LogP contribution >= 0.6 is 0 Å². The predicted molar refractivity (Wildman–Crippen MR) is 103 cm³/mol. The van der Waals surface area contributed by atoms with E-state index in [0.717, 1.165) is 6.42 Å². The molecular formula is C21H34O2Si. The first-order chi connectivity index (χ1) is 11.3. The van der Waals surface area contributed by atoms with Gasteiger partial charge in [-0.15, -0.1) is 0 Å². The van der Waals surface area contributed by atoms with Crippen LogP contribution in [0.3, 0.4) is 0 Å². The molecule has 3 rings (SSSR count). The molecule has 0 aromatic heterocycles. The average molecular weight is 347 g/mol. The van der Waals surface area contributed by atoms with Crippen LogP contribution in [0.15, 0.2) is 24.3 Å². The van der Waals surface area contributed by atoms with E-state index in [4.69, 9.17) is 9.47 Å². The lowest BCUT2D eigenvalue weighted by Crippen LogP contribution is -2.50. The Morgan fingerprint density at radius 3 is 2.17 bits per heavy atom. The second kappa shape index (κ2) is 6.58. The highest BCUT2D eigenvalue weighted by atomic mass is 28.3. The van der Waals surface area contributed by atoms with Crippen LogP contribution in [0.2, 0.25) is 18.1 Å². The molecule has 0 unspecified atom stereocenters. The molecule has 0 spiro atoms. The molecule has 0 N–H and O–H groups in total. The highest BCUT2D eigenvalue weighted by Crippen LogP contribution is 2.53. The van der Waals surface area contributed by atoms with Crippen LogP contribution in [0.25, 0.3) is 0 Å². The summed E-state index contributed by atoms with van der Waals surface area (Å²) >= 11 is 0. The van der Waals surface area contributed by atoms with Crippen molar-refractivity contribution in [3.8, 4) is 0 Å². The SMILES string of the molecule is CC[Si](CC)(CC)[C@H]1c2ccccc2[C@@H]2C[C@H](OC(C)(C)C)[C@H]1O2. The van der Waals surface area contributed by atoms with Crippen molar-refractivity contribution in [1.29, 1.82) is 0 Å². The van der Waals surface area contributed by atoms with Crippen molar-refractivity contribution in [2.75, 3.05) is 0 Å². The molecule has 0 aliphatic carbocycles. The van der Waals surface area contributed by atoms with E-state index < -0.39 is 8.07 Å². The molecule has 2 aliphatic rings. The van der Waals surface area contributed by atoms with E-state index in [1.165, 1.54) is 23.7 Å². The van der Waals surface area contributed by atoms with Crippen molar-refractivity contribution in [3.05, 3.63) is 35.4 Å². The van der Waals surface area contributed by atoms with Gasteiger partial charge in [0.05, 0.1) is 32.0 Å². The molecule has 0 amide bonds. The minimum Gasteiger partial charge on any atom is -0.370 e. The maximum atomic E-state index is 6.62. The molecule has 2 nitrogen and oxygen atoms in total. The minimum absolute atomic E-state index is 0.114. The largest absolute Gasteiger partial charge is 0.370 e. The second-order valence-electron chi connectivity index (χ2n) is 8.62. The molecule has 1 fully saturated rings. The molecule has 3 heteroatoms. The van der Waals surface area contributed by atoms with Gasteiger partial charge in [-0.05, 0) is 31.9 Å². The zero-order chi connectivity index (χ0) is 17.5. The lowest BCUT2D eigenvalue weighted by Gasteiger charge is -2.45. The molecule has 4 atom stereocenters. The third kappa shape index (κ3) is 3.00. The van der Waals surface area contributed by atoms with E-state index in [0.29, 0.717) is 5.54 Å². The van der Waals surface area contributed by atoms with E-state index in [9.17, 15) is 0 Å². The van der Waals surface area contributed by atoms with E-state index in [1.54, 1.807) is 5.56 Å². The highest BCUT2D eigenvalue weighted by Gasteiger charge is 2.54. The van der Waals surface area contributed by atoms with Gasteiger partial charge < -0.3 is 9.47 Å². The molecule has 134 valence electrons. The molecule has 1 aromatic carbocycles. The number of fused-ring (bicyclic) bond motifs is 4. The summed E-state index contributed by atoms with van der Waals surface area (Å²) in [5.74, 6) is 0. The third-order valence-electron chi connectivity index (χ3n) is 6.42. The zero-order valence-electron chi connectivity index (χ0n) is 16.3. The fraction of sp³-hybridized carbons (Fsp3) is 0.714. The summed E-state index contributed by atoms with van der Waals surface area (Å²) < 4.78 is 13.1. The van der Waals surface area contributed by atoms with Gasteiger partial charge in [0, 0.05) is 12.0 Å². The van der Waals surface area contributed by atoms with Crippen molar-refractivity contribution < 1.29 is 9.47 Å². The van der Waals surface area contributed by atoms with Gasteiger partial charge in [-0.1, -0.05) is 63.2 Å². The minimum atomic E-state index is -1.45. The van der Waals surface area contributed by atoms with E-state index in [-0.39, 0.29) is 23.9 Å². The highest BCUT2D eigenvalue weighted by molar-refractivity contribution is 6.81. The molecule has 2 bridgehead atoms. The Labute approximate surface area is 149 Å². The molecule has 1 saturated heterocycles. The van der Waals surface area contributed by atoms with Gasteiger partial charge >= 0.3 is 0 Å². The van der Waals surface area contributed by atoms with Crippen LogP contribution in [-0.4, -0.2) is 25.9 Å². The van der Waals surface area contributed by atoms with Crippen molar-refractivity contribution in [2.24, 2.45) is 0 Å². The molecular weight excluding hydrogens is 312 g/mol. The summed E-state index contributed by atoms with van der Waals surface area (Å²) in [5, 5.41) is 0. The van der Waals surface area contributed by atoms with Crippen LogP contribution in [0, 0.1) is 0 Å². The fourth-order valence-electron chi connectivity index (χ4n) is 5.09. The maximum Gasteiger partial charge on any atom is 0.0891 e. The molecule has 0 saturated carbocycles. The summed E-state index contributed by atoms with van der Waals surface area (Å²) in [5.41, 5.74) is 3.47. The van der Waals surface area contributed by atoms with Crippen LogP contribution in [-0.2, 0) is 9.47 Å². The number of benzene rings is 1. The van der Waals surface area contributed by atoms with Gasteiger partial charge in [-0.2, -0.15) is 0 Å². The van der Waals surface area contributed by atoms with Gasteiger partial charge in [0.1, 0.15) is 0 Å². The van der Waals surface area contributed by atoms with Gasteiger partial charge in [0.2, 0.25) is 0 Å². The second-order valence-corrected chi connectivity index (χ2v) is 14.1. The van der Waals surface area contributed by atoms with Gasteiger partial charge in [-0.25, -0.2) is 0 Å². The third-order valence-corrected chi connectivity index (χ3v) is 12.6. The summed E-state index contributed by atoms with van der Waals surface area (Å²) in [6.45, 7) is 13.7. The normalized spacial score (nSPS) is 29.6. The Kier molecular flexibility index (Phi) is 4.98. The van der Waals surface area contributed by atoms with Crippen LogP contribution in [0.1, 0.15) is 70.7 Å². The standard InChI is InChI=1S/C21H34O2Si/c1-7-24(8-2,9-3)20-16-13-11-10-12-15(16)17-14-18(19(20)22-17)23-21(4,5)6/h10-13,17-20H,7-9,14H2,1-6H3/t17-,18-,19+,20-/m0/s1. The first-order valence-electron chi connectivity index (χ1n) is 9.77. The van der Waals surface area contributed by atoms with Crippen molar-refractivity contribution >= 4 is 8.07 Å². The van der Waals surface area contributed by atoms with Crippen LogP contribution in [0.5, 0.6) is 0 Å². The van der Waals surface area contributed by atoms with Crippen molar-refractivity contribution in [2.45, 2.75) is 95.5 Å². The lowest BCUT2D eigenvalue weighted by atomic mass is 9.98. The van der Waals surface area contributed by atoms with Crippen LogP contribution in [0.4, 0.5) is 0 Å². The molecule has 2 aliphatic heterocycles. The van der Waals surface area contributed by atoms with Gasteiger partial charge in [0.15, 0.2) is 0 Å². The Balaban J connectivity index is 2.06. The smallest absolute Gasteiger partial charge is 0.0891 e. The monoisotopic (exact) mass is 346 g/mol. The summed E-state index contributed by atoms with van der Waals surface area (Å²) in [7, 11) is -1.45. The summed E-state index contributed by atoms with van der Waals surface area (Å²) in [4.78, 5) is 0. The Morgan fingerprint density at radius 2 is 1.62 bits per heavy atom. The average Bonchev–Trinajstić information content (AvgIpc) is 2.89. The lowest BCUT2D eigenvalue weighted by molar-refractivity contribution is -0.0944. The Hall–Kier alpha value is -0.643. The van der Waals surface area contributed by atoms with E-state index >= 15 is 0 Å². The first-order valence-corrected chi connectivity index (χ1v) is 12.5. The number of rotatable bonds is 5. The number of ether oxygens (including phenoxy) is 2. The topological polar surface area (TPSA) is 18.5 Å². The number of hydrogen-bond donors (Lipinski definition) is 0. The zero-order valence-corrected chi connectivity index (χ0v) is 17.3. The van der Waals surface area contributed by atoms with E-state index in [2.05, 4.69) is 65.8 Å². The number of hydrogen-bond acceptors (Lipinski definition) is 2. The first kappa shape index (κ1) is 18.2. The summed E-state index contributed by atoms with van der Waals surface area (Å²) in [6.07, 6.45) is 1.71. The van der Waals surface area contributed by atoms with Crippen LogP contribution < -0.4 is 0 Å². The Morgan fingerprint density at radius 1 is 1.04 bits per heavy atom. The fourth-order valence-corrected chi connectivity index (χ4v) is 9.83. The maximum absolute atomic E-state index is 6.62. The molecule has 2 heterocycles. The molecule has 24 heavy (non-hydrogen) atoms. The predicted octanol–water partition coefficient (Wildman–Crippen LogP) is 5.85. The van der Waals surface area contributed by atoms with Crippen molar-refractivity contribution in [1.82, 2.24) is 0 Å². The quantitative estimate of drug-likeness (QED) is 0.623. The molecule has 0 radical (unpaired) electrons. The van der Waals surface area contributed by atoms with Gasteiger partial charge in [-0.3, -0.25) is 0 Å². The van der Waals surface area contributed by atoms with Gasteiger partial charge in [0.25, 0.3) is 0 Å².